The summed E-state index contributed by atoms with van der Waals surface area (Å²) < 4.78 is 6.23. The normalized spacial score (nSPS) is 15.4. The number of ether oxygens (including phenoxy) is 1. The number of benzene rings is 1. The molecule has 168 valence electrons. The second-order valence-electron chi connectivity index (χ2n) is 7.05. The predicted molar refractivity (Wildman–Crippen MR) is 114 cm³/mol. The SMILES string of the molecule is CN(C)CCC1CN(C)C(=O)c2cnc3ccccc3c2O1.O.O=C(O)/C=C/C(=O)O. The van der Waals surface area contributed by atoms with Crippen LogP contribution in [-0.2, 0) is 9.59 Å². The first-order valence-corrected chi connectivity index (χ1v) is 9.27. The van der Waals surface area contributed by atoms with Gasteiger partial charge in [0.15, 0.2) is 0 Å². The van der Waals surface area contributed by atoms with Crippen LogP contribution >= 0.6 is 0 Å². The molecule has 3 rings (SSSR count). The van der Waals surface area contributed by atoms with Gasteiger partial charge in [-0.15, -0.1) is 0 Å². The van der Waals surface area contributed by atoms with Gasteiger partial charge in [0.25, 0.3) is 5.91 Å². The van der Waals surface area contributed by atoms with Gasteiger partial charge in [-0.05, 0) is 32.6 Å². The molecule has 1 aromatic carbocycles. The number of carboxylic acid groups (broad SMARTS) is 2. The maximum absolute atomic E-state index is 12.6. The van der Waals surface area contributed by atoms with E-state index in [1.165, 1.54) is 0 Å². The molecule has 1 unspecified atom stereocenters. The van der Waals surface area contributed by atoms with E-state index in [1.807, 2.05) is 45.4 Å². The average molecular weight is 433 g/mol. The van der Waals surface area contributed by atoms with Gasteiger partial charge in [-0.1, -0.05) is 12.1 Å². The summed E-state index contributed by atoms with van der Waals surface area (Å²) in [5, 5.41) is 16.5. The molecular formula is C21H27N3O7. The molecule has 10 nitrogen and oxygen atoms in total. The number of hydrogen-bond acceptors (Lipinski definition) is 6. The van der Waals surface area contributed by atoms with Crippen LogP contribution < -0.4 is 4.74 Å². The molecule has 1 aliphatic heterocycles. The van der Waals surface area contributed by atoms with Gasteiger partial charge in [0, 0.05) is 37.3 Å². The molecule has 4 N–H and O–H groups in total. The molecule has 0 spiro atoms. The van der Waals surface area contributed by atoms with Crippen molar-refractivity contribution in [3.8, 4) is 5.75 Å². The number of fused-ring (bicyclic) bond motifs is 3. The second-order valence-corrected chi connectivity index (χ2v) is 7.05. The van der Waals surface area contributed by atoms with Gasteiger partial charge in [-0.25, -0.2) is 9.59 Å². The molecule has 1 aromatic heterocycles. The lowest BCUT2D eigenvalue weighted by molar-refractivity contribution is -0.134. The fourth-order valence-corrected chi connectivity index (χ4v) is 2.89. The zero-order valence-electron chi connectivity index (χ0n) is 17.6. The number of nitrogens with zero attached hydrogens (tertiary/aromatic N) is 3. The number of carbonyl (C=O) groups is 3. The van der Waals surface area contributed by atoms with Crippen molar-refractivity contribution in [3.63, 3.8) is 0 Å². The third kappa shape index (κ3) is 7.36. The summed E-state index contributed by atoms with van der Waals surface area (Å²) in [4.78, 5) is 39.9. The molecule has 0 bridgehead atoms. The third-order valence-electron chi connectivity index (χ3n) is 4.33. The standard InChI is InChI=1S/C17H21N3O2.C4H4O4.H2O/c1-19(2)9-8-12-11-20(3)17(21)14-10-18-15-7-5-4-6-13(15)16(14)22-12;5-3(6)1-2-4(7)8;/h4-7,10,12H,8-9,11H2,1-3H3;1-2H,(H,5,6)(H,7,8);1H2/b;2-1+;. The minimum absolute atomic E-state index is 0. The molecule has 31 heavy (non-hydrogen) atoms. The first-order valence-electron chi connectivity index (χ1n) is 9.27. The number of para-hydroxylation sites is 1. The molecule has 1 aliphatic rings. The number of carbonyl (C=O) groups excluding carboxylic acids is 1. The Morgan fingerprint density at radius 2 is 1.84 bits per heavy atom. The van der Waals surface area contributed by atoms with E-state index in [2.05, 4.69) is 9.88 Å². The summed E-state index contributed by atoms with van der Waals surface area (Å²) >= 11 is 0. The van der Waals surface area contributed by atoms with Crippen molar-refractivity contribution in [2.75, 3.05) is 34.2 Å². The van der Waals surface area contributed by atoms with E-state index < -0.39 is 11.9 Å². The second kappa shape index (κ2) is 11.6. The lowest BCUT2D eigenvalue weighted by Gasteiger charge is -2.22. The van der Waals surface area contributed by atoms with Crippen LogP contribution in [-0.4, -0.2) is 88.7 Å². The van der Waals surface area contributed by atoms with E-state index in [4.69, 9.17) is 14.9 Å². The number of amides is 1. The molecule has 0 saturated carbocycles. The van der Waals surface area contributed by atoms with Crippen molar-refractivity contribution in [2.24, 2.45) is 0 Å². The minimum Gasteiger partial charge on any atom is -0.487 e. The number of pyridine rings is 1. The Labute approximate surface area is 179 Å². The van der Waals surface area contributed by atoms with E-state index in [1.54, 1.807) is 11.1 Å². The quantitative estimate of drug-likeness (QED) is 0.660. The topological polar surface area (TPSA) is 152 Å². The molecule has 1 atom stereocenters. The van der Waals surface area contributed by atoms with Gasteiger partial charge < -0.3 is 30.2 Å². The largest absolute Gasteiger partial charge is 0.487 e. The van der Waals surface area contributed by atoms with Gasteiger partial charge in [-0.3, -0.25) is 9.78 Å². The van der Waals surface area contributed by atoms with Crippen LogP contribution in [0.4, 0.5) is 0 Å². The van der Waals surface area contributed by atoms with E-state index in [-0.39, 0.29) is 17.5 Å². The predicted octanol–water partition coefficient (Wildman–Crippen LogP) is 0.907. The number of rotatable bonds is 5. The Morgan fingerprint density at radius 3 is 2.42 bits per heavy atom. The van der Waals surface area contributed by atoms with E-state index in [0.29, 0.717) is 30.0 Å². The molecule has 2 heterocycles. The number of aromatic nitrogens is 1. The molecule has 0 radical (unpaired) electrons. The Morgan fingerprint density at radius 1 is 1.23 bits per heavy atom. The number of hydrogen-bond donors (Lipinski definition) is 2. The Balaban J connectivity index is 0.000000461. The van der Waals surface area contributed by atoms with Crippen LogP contribution in [0, 0.1) is 0 Å². The number of likely N-dealkylation sites (N-methyl/N-ethyl adjacent to an activating group) is 1. The smallest absolute Gasteiger partial charge is 0.328 e. The molecule has 1 amide bonds. The Hall–Kier alpha value is -3.50. The van der Waals surface area contributed by atoms with Crippen LogP contribution in [0.5, 0.6) is 5.75 Å². The average Bonchev–Trinajstić information content (AvgIpc) is 2.82. The third-order valence-corrected chi connectivity index (χ3v) is 4.33. The van der Waals surface area contributed by atoms with Gasteiger partial charge >= 0.3 is 11.9 Å². The molecule has 0 fully saturated rings. The molecule has 0 saturated heterocycles. The summed E-state index contributed by atoms with van der Waals surface area (Å²) in [6.07, 6.45) is 3.61. The number of carboxylic acids is 2. The molecular weight excluding hydrogens is 406 g/mol. The van der Waals surface area contributed by atoms with Crippen LogP contribution in [0.2, 0.25) is 0 Å². The molecule has 10 heteroatoms. The van der Waals surface area contributed by atoms with Gasteiger partial charge in [0.2, 0.25) is 0 Å². The fraction of sp³-hybridized carbons (Fsp3) is 0.333. The molecule has 2 aromatic rings. The highest BCUT2D eigenvalue weighted by atomic mass is 16.5. The Kier molecular flexibility index (Phi) is 9.58. The lowest BCUT2D eigenvalue weighted by Crippen LogP contribution is -2.35. The van der Waals surface area contributed by atoms with Crippen molar-refractivity contribution >= 4 is 28.7 Å². The molecule has 0 aliphatic carbocycles. The maximum atomic E-state index is 12.6. The summed E-state index contributed by atoms with van der Waals surface area (Å²) in [6, 6.07) is 7.78. The maximum Gasteiger partial charge on any atom is 0.328 e. The van der Waals surface area contributed by atoms with Crippen molar-refractivity contribution in [3.05, 3.63) is 48.2 Å². The lowest BCUT2D eigenvalue weighted by atomic mass is 10.1. The summed E-state index contributed by atoms with van der Waals surface area (Å²) in [6.45, 7) is 1.51. The van der Waals surface area contributed by atoms with Crippen LogP contribution in [0.15, 0.2) is 42.6 Å². The summed E-state index contributed by atoms with van der Waals surface area (Å²) in [5.74, 6) is -1.87. The van der Waals surface area contributed by atoms with Gasteiger partial charge in [0.05, 0.1) is 12.1 Å². The van der Waals surface area contributed by atoms with Crippen LogP contribution in [0.1, 0.15) is 16.8 Å². The highest BCUT2D eigenvalue weighted by Gasteiger charge is 2.28. The summed E-state index contributed by atoms with van der Waals surface area (Å²) in [5.41, 5.74) is 1.40. The van der Waals surface area contributed by atoms with Crippen molar-refractivity contribution < 1.29 is 34.8 Å². The first kappa shape index (κ1) is 25.5. The summed E-state index contributed by atoms with van der Waals surface area (Å²) in [7, 11) is 5.90. The van der Waals surface area contributed by atoms with Crippen molar-refractivity contribution in [1.29, 1.82) is 0 Å². The van der Waals surface area contributed by atoms with Crippen LogP contribution in [0.3, 0.4) is 0 Å². The first-order chi connectivity index (χ1) is 14.2. The van der Waals surface area contributed by atoms with Crippen molar-refractivity contribution in [2.45, 2.75) is 12.5 Å². The minimum atomic E-state index is -1.26. The monoisotopic (exact) mass is 433 g/mol. The fourth-order valence-electron chi connectivity index (χ4n) is 2.89. The van der Waals surface area contributed by atoms with Crippen molar-refractivity contribution in [1.82, 2.24) is 14.8 Å². The van der Waals surface area contributed by atoms with Gasteiger partial charge in [-0.2, -0.15) is 0 Å². The van der Waals surface area contributed by atoms with Gasteiger partial charge in [0.1, 0.15) is 17.4 Å². The van der Waals surface area contributed by atoms with E-state index >= 15 is 0 Å². The van der Waals surface area contributed by atoms with E-state index in [9.17, 15) is 14.4 Å². The highest BCUT2D eigenvalue weighted by molar-refractivity contribution is 6.02. The zero-order chi connectivity index (χ0) is 22.3. The highest BCUT2D eigenvalue weighted by Crippen LogP contribution is 2.32. The van der Waals surface area contributed by atoms with Crippen LogP contribution in [0.25, 0.3) is 10.9 Å². The van der Waals surface area contributed by atoms with E-state index in [0.717, 1.165) is 23.9 Å². The Bertz CT molecular complexity index is 943. The zero-order valence-corrected chi connectivity index (χ0v) is 17.6. The number of aliphatic carboxylic acids is 2.